The highest BCUT2D eigenvalue weighted by molar-refractivity contribution is 5.74. The van der Waals surface area contributed by atoms with E-state index in [-0.39, 0.29) is 11.6 Å². The number of carbonyl (C=O) groups is 1. The van der Waals surface area contributed by atoms with Gasteiger partial charge in [-0.3, -0.25) is 0 Å². The molecule has 3 atom stereocenters. The Hall–Kier alpha value is -0.770. The van der Waals surface area contributed by atoms with Crippen LogP contribution in [0.4, 0.5) is 4.79 Å². The molecule has 0 spiro atoms. The number of rotatable bonds is 2. The Labute approximate surface area is 129 Å². The molecule has 21 heavy (non-hydrogen) atoms. The standard InChI is InChI=1S/C17H31N3O/c1-19(2)16(21)20-11-14-9-17(18,10-15(14)12-20)8-13-6-4-3-5-7-13/h13-15H,3-12,18H2,1-2H3/t14-,15+,17?. The Bertz CT molecular complexity index is 375. The third-order valence-electron chi connectivity index (χ3n) is 5.99. The van der Waals surface area contributed by atoms with Crippen molar-refractivity contribution in [2.45, 2.75) is 56.9 Å². The van der Waals surface area contributed by atoms with Gasteiger partial charge in [0, 0.05) is 32.7 Å². The zero-order valence-electron chi connectivity index (χ0n) is 13.7. The van der Waals surface area contributed by atoms with Gasteiger partial charge < -0.3 is 15.5 Å². The van der Waals surface area contributed by atoms with E-state index < -0.39 is 0 Å². The first-order chi connectivity index (χ1) is 9.97. The molecule has 1 unspecified atom stereocenters. The summed E-state index contributed by atoms with van der Waals surface area (Å²) in [4.78, 5) is 15.8. The van der Waals surface area contributed by atoms with Crippen LogP contribution in [0.3, 0.4) is 0 Å². The van der Waals surface area contributed by atoms with Crippen LogP contribution < -0.4 is 5.73 Å². The topological polar surface area (TPSA) is 49.6 Å². The van der Waals surface area contributed by atoms with E-state index >= 15 is 0 Å². The lowest BCUT2D eigenvalue weighted by molar-refractivity contribution is 0.173. The molecule has 3 aliphatic rings. The number of amides is 2. The first-order valence-corrected chi connectivity index (χ1v) is 8.72. The van der Waals surface area contributed by atoms with Crippen LogP contribution in [0.2, 0.25) is 0 Å². The van der Waals surface area contributed by atoms with E-state index in [1.165, 1.54) is 38.5 Å². The number of hydrogen-bond donors (Lipinski definition) is 1. The van der Waals surface area contributed by atoms with Gasteiger partial charge in [-0.05, 0) is 37.0 Å². The number of urea groups is 1. The first kappa shape index (κ1) is 15.1. The molecular formula is C17H31N3O. The van der Waals surface area contributed by atoms with Gasteiger partial charge in [0.25, 0.3) is 0 Å². The number of likely N-dealkylation sites (tertiary alicyclic amines) is 1. The number of hydrogen-bond acceptors (Lipinski definition) is 2. The van der Waals surface area contributed by atoms with Crippen molar-refractivity contribution < 1.29 is 4.79 Å². The molecule has 0 aromatic rings. The molecule has 4 nitrogen and oxygen atoms in total. The van der Waals surface area contributed by atoms with Crippen LogP contribution in [0.15, 0.2) is 0 Å². The Morgan fingerprint density at radius 1 is 1.14 bits per heavy atom. The minimum Gasteiger partial charge on any atom is -0.331 e. The molecule has 0 radical (unpaired) electrons. The molecule has 2 aliphatic carbocycles. The maximum absolute atomic E-state index is 12.1. The fourth-order valence-corrected chi connectivity index (χ4v) is 5.10. The van der Waals surface area contributed by atoms with E-state index in [0.717, 1.165) is 31.8 Å². The molecule has 2 N–H and O–H groups in total. The largest absolute Gasteiger partial charge is 0.331 e. The van der Waals surface area contributed by atoms with Gasteiger partial charge in [0.05, 0.1) is 0 Å². The monoisotopic (exact) mass is 293 g/mol. The molecule has 1 saturated heterocycles. The Morgan fingerprint density at radius 2 is 1.71 bits per heavy atom. The van der Waals surface area contributed by atoms with Gasteiger partial charge in [0.15, 0.2) is 0 Å². The normalized spacial score (nSPS) is 36.8. The second kappa shape index (κ2) is 5.79. The SMILES string of the molecule is CN(C)C(=O)N1C[C@@H]2CC(N)(CC3CCCCC3)C[C@@H]2C1. The molecule has 3 rings (SSSR count). The van der Waals surface area contributed by atoms with Crippen molar-refractivity contribution in [3.63, 3.8) is 0 Å². The second-order valence-electron chi connectivity index (χ2n) is 8.08. The van der Waals surface area contributed by atoms with Crippen molar-refractivity contribution in [2.24, 2.45) is 23.5 Å². The second-order valence-corrected chi connectivity index (χ2v) is 8.08. The minimum absolute atomic E-state index is 0.0601. The van der Waals surface area contributed by atoms with Crippen molar-refractivity contribution in [3.8, 4) is 0 Å². The molecule has 0 aromatic heterocycles. The average molecular weight is 293 g/mol. The third-order valence-corrected chi connectivity index (χ3v) is 5.99. The number of nitrogens with zero attached hydrogens (tertiary/aromatic N) is 2. The van der Waals surface area contributed by atoms with Gasteiger partial charge in [0.2, 0.25) is 0 Å². The van der Waals surface area contributed by atoms with Crippen LogP contribution in [-0.2, 0) is 0 Å². The van der Waals surface area contributed by atoms with Gasteiger partial charge in [-0.25, -0.2) is 4.79 Å². The molecule has 0 bridgehead atoms. The van der Waals surface area contributed by atoms with E-state index in [1.54, 1.807) is 4.90 Å². The molecule has 2 saturated carbocycles. The summed E-state index contributed by atoms with van der Waals surface area (Å²) >= 11 is 0. The average Bonchev–Trinajstić information content (AvgIpc) is 2.93. The minimum atomic E-state index is 0.0601. The summed E-state index contributed by atoms with van der Waals surface area (Å²) in [7, 11) is 3.68. The summed E-state index contributed by atoms with van der Waals surface area (Å²) in [6, 6.07) is 0.166. The van der Waals surface area contributed by atoms with Crippen molar-refractivity contribution in [1.82, 2.24) is 9.80 Å². The van der Waals surface area contributed by atoms with Crippen LogP contribution in [0.5, 0.6) is 0 Å². The zero-order valence-corrected chi connectivity index (χ0v) is 13.7. The maximum Gasteiger partial charge on any atom is 0.319 e. The summed E-state index contributed by atoms with van der Waals surface area (Å²) in [6.45, 7) is 1.84. The van der Waals surface area contributed by atoms with E-state index in [2.05, 4.69) is 0 Å². The number of carbonyl (C=O) groups excluding carboxylic acids is 1. The van der Waals surface area contributed by atoms with E-state index in [9.17, 15) is 4.79 Å². The molecule has 1 heterocycles. The van der Waals surface area contributed by atoms with Gasteiger partial charge in [-0.2, -0.15) is 0 Å². The predicted molar refractivity (Wildman–Crippen MR) is 85.0 cm³/mol. The molecule has 2 amide bonds. The van der Waals surface area contributed by atoms with Crippen LogP contribution >= 0.6 is 0 Å². The van der Waals surface area contributed by atoms with Crippen molar-refractivity contribution in [3.05, 3.63) is 0 Å². The van der Waals surface area contributed by atoms with Gasteiger partial charge in [0.1, 0.15) is 0 Å². The Kier molecular flexibility index (Phi) is 4.17. The molecule has 120 valence electrons. The highest BCUT2D eigenvalue weighted by atomic mass is 16.2. The van der Waals surface area contributed by atoms with Crippen molar-refractivity contribution >= 4 is 6.03 Å². The Balaban J connectivity index is 1.54. The first-order valence-electron chi connectivity index (χ1n) is 8.72. The summed E-state index contributed by atoms with van der Waals surface area (Å²) in [5, 5.41) is 0. The molecular weight excluding hydrogens is 262 g/mol. The van der Waals surface area contributed by atoms with Crippen LogP contribution in [0.25, 0.3) is 0 Å². The molecule has 4 heteroatoms. The van der Waals surface area contributed by atoms with Gasteiger partial charge in [-0.15, -0.1) is 0 Å². The summed E-state index contributed by atoms with van der Waals surface area (Å²) < 4.78 is 0. The molecule has 3 fully saturated rings. The highest BCUT2D eigenvalue weighted by Gasteiger charge is 2.48. The Morgan fingerprint density at radius 3 is 2.24 bits per heavy atom. The maximum atomic E-state index is 12.1. The summed E-state index contributed by atoms with van der Waals surface area (Å²) in [5.41, 5.74) is 6.81. The molecule has 0 aromatic carbocycles. The van der Waals surface area contributed by atoms with Crippen LogP contribution in [0, 0.1) is 17.8 Å². The number of fused-ring (bicyclic) bond motifs is 1. The fraction of sp³-hybridized carbons (Fsp3) is 0.941. The summed E-state index contributed by atoms with van der Waals surface area (Å²) in [5.74, 6) is 2.15. The lowest BCUT2D eigenvalue weighted by Gasteiger charge is -2.33. The van der Waals surface area contributed by atoms with Crippen LogP contribution in [0.1, 0.15) is 51.4 Å². The van der Waals surface area contributed by atoms with Crippen LogP contribution in [-0.4, -0.2) is 48.6 Å². The third kappa shape index (κ3) is 3.20. The predicted octanol–water partition coefficient (Wildman–Crippen LogP) is 2.68. The highest BCUT2D eigenvalue weighted by Crippen LogP contribution is 2.46. The van der Waals surface area contributed by atoms with Gasteiger partial charge in [-0.1, -0.05) is 32.1 Å². The van der Waals surface area contributed by atoms with Crippen molar-refractivity contribution in [1.29, 1.82) is 0 Å². The lowest BCUT2D eigenvalue weighted by Crippen LogP contribution is -2.43. The summed E-state index contributed by atoms with van der Waals surface area (Å²) in [6.07, 6.45) is 10.5. The fourth-order valence-electron chi connectivity index (χ4n) is 5.10. The van der Waals surface area contributed by atoms with Crippen molar-refractivity contribution in [2.75, 3.05) is 27.2 Å². The van der Waals surface area contributed by atoms with Gasteiger partial charge >= 0.3 is 6.03 Å². The quantitative estimate of drug-likeness (QED) is 0.851. The smallest absolute Gasteiger partial charge is 0.319 e. The zero-order chi connectivity index (χ0) is 15.0. The molecule has 1 aliphatic heterocycles. The van der Waals surface area contributed by atoms with E-state index in [4.69, 9.17) is 5.73 Å². The van der Waals surface area contributed by atoms with E-state index in [1.807, 2.05) is 19.0 Å². The number of nitrogens with two attached hydrogens (primary N) is 1. The van der Waals surface area contributed by atoms with E-state index in [0.29, 0.717) is 11.8 Å². The lowest BCUT2D eigenvalue weighted by atomic mass is 9.78.